The number of hydrogen-bond acceptors (Lipinski definition) is 7. The number of nitriles is 1. The summed E-state index contributed by atoms with van der Waals surface area (Å²) >= 11 is 0. The molecule has 0 saturated carbocycles. The summed E-state index contributed by atoms with van der Waals surface area (Å²) < 4.78 is 45.4. The summed E-state index contributed by atoms with van der Waals surface area (Å²) in [7, 11) is 0. The summed E-state index contributed by atoms with van der Waals surface area (Å²) in [6, 6.07) is 11.6. The van der Waals surface area contributed by atoms with Gasteiger partial charge in [-0.25, -0.2) is 0 Å². The van der Waals surface area contributed by atoms with Gasteiger partial charge in [-0.15, -0.1) is 0 Å². The zero-order chi connectivity index (χ0) is 25.0. The molecule has 0 saturated heterocycles. The van der Waals surface area contributed by atoms with Gasteiger partial charge in [0.15, 0.2) is 0 Å². The van der Waals surface area contributed by atoms with Crippen LogP contribution in [-0.2, 0) is 11.0 Å². The summed E-state index contributed by atoms with van der Waals surface area (Å²) in [4.78, 5) is 32.5. The van der Waals surface area contributed by atoms with E-state index in [4.69, 9.17) is 4.42 Å². The lowest BCUT2D eigenvalue weighted by Crippen LogP contribution is -2.18. The second kappa shape index (κ2) is 9.25. The number of amides is 1. The molecule has 13 heteroatoms. The Kier molecular flexibility index (Phi) is 6.44. The molecule has 172 valence electrons. The number of rotatable bonds is 6. The Labute approximate surface area is 187 Å². The van der Waals surface area contributed by atoms with Gasteiger partial charge < -0.3 is 9.73 Å². The van der Waals surface area contributed by atoms with E-state index in [1.165, 1.54) is 36.4 Å². The lowest BCUT2D eigenvalue weighted by Gasteiger charge is -2.13. The van der Waals surface area contributed by atoms with E-state index in [1.807, 2.05) is 5.32 Å². The fraction of sp³-hybridized carbons (Fsp3) is 0.0476. The smallest absolute Gasteiger partial charge is 0.418 e. The van der Waals surface area contributed by atoms with Crippen LogP contribution in [0.5, 0.6) is 0 Å². The van der Waals surface area contributed by atoms with E-state index in [-0.39, 0.29) is 23.3 Å². The number of non-ortho nitro benzene ring substituents is 2. The molecule has 0 aliphatic carbocycles. The minimum absolute atomic E-state index is 0.0204. The van der Waals surface area contributed by atoms with Crippen molar-refractivity contribution in [3.63, 3.8) is 0 Å². The van der Waals surface area contributed by atoms with Crippen LogP contribution in [0.1, 0.15) is 11.3 Å². The molecule has 0 unspecified atom stereocenters. The minimum atomic E-state index is -5.01. The maximum atomic E-state index is 13.3. The third-order valence-electron chi connectivity index (χ3n) is 4.39. The van der Waals surface area contributed by atoms with Gasteiger partial charge in [0, 0.05) is 35.9 Å². The first kappa shape index (κ1) is 23.7. The molecular weight excluding hydrogens is 461 g/mol. The molecule has 10 nitrogen and oxygen atoms in total. The van der Waals surface area contributed by atoms with Crippen LogP contribution in [0.3, 0.4) is 0 Å². The highest BCUT2D eigenvalue weighted by Gasteiger charge is 2.36. The van der Waals surface area contributed by atoms with Gasteiger partial charge in [0.25, 0.3) is 17.3 Å². The van der Waals surface area contributed by atoms with E-state index in [2.05, 4.69) is 0 Å². The fourth-order valence-electron chi connectivity index (χ4n) is 2.83. The number of hydrogen-bond donors (Lipinski definition) is 1. The van der Waals surface area contributed by atoms with Crippen LogP contribution in [-0.4, -0.2) is 15.8 Å². The van der Waals surface area contributed by atoms with Crippen molar-refractivity contribution in [1.29, 1.82) is 5.26 Å². The first-order valence-electron chi connectivity index (χ1n) is 9.13. The Balaban J connectivity index is 1.88. The number of nitro groups is 2. The maximum Gasteiger partial charge on any atom is 0.418 e. The zero-order valence-corrected chi connectivity index (χ0v) is 16.7. The van der Waals surface area contributed by atoms with E-state index in [1.54, 1.807) is 6.07 Å². The van der Waals surface area contributed by atoms with Gasteiger partial charge in [-0.3, -0.25) is 25.0 Å². The number of benzene rings is 2. The quantitative estimate of drug-likeness (QED) is 0.220. The first-order chi connectivity index (χ1) is 16.0. The van der Waals surface area contributed by atoms with E-state index in [0.717, 1.165) is 12.1 Å². The van der Waals surface area contributed by atoms with E-state index in [9.17, 15) is 43.5 Å². The number of nitrogens with zero attached hydrogens (tertiary/aromatic N) is 3. The molecule has 0 spiro atoms. The Morgan fingerprint density at radius 1 is 1.03 bits per heavy atom. The van der Waals surface area contributed by atoms with E-state index < -0.39 is 44.4 Å². The number of nitro benzene ring substituents is 2. The van der Waals surface area contributed by atoms with Crippen molar-refractivity contribution in [2.45, 2.75) is 6.18 Å². The van der Waals surface area contributed by atoms with Crippen molar-refractivity contribution in [2.24, 2.45) is 0 Å². The van der Waals surface area contributed by atoms with Crippen molar-refractivity contribution in [3.8, 4) is 17.4 Å². The molecule has 0 atom stereocenters. The molecule has 1 N–H and O–H groups in total. The van der Waals surface area contributed by atoms with Crippen molar-refractivity contribution < 1.29 is 32.2 Å². The summed E-state index contributed by atoms with van der Waals surface area (Å²) in [5.74, 6) is -1.05. The molecule has 1 heterocycles. The van der Waals surface area contributed by atoms with E-state index >= 15 is 0 Å². The molecular formula is C21H11F3N4O6. The summed E-state index contributed by atoms with van der Waals surface area (Å²) in [6.45, 7) is 0. The van der Waals surface area contributed by atoms with Crippen molar-refractivity contribution in [3.05, 3.63) is 91.7 Å². The Morgan fingerprint density at radius 2 is 1.71 bits per heavy atom. The third kappa shape index (κ3) is 5.25. The highest BCUT2D eigenvalue weighted by molar-refractivity contribution is 6.09. The standard InChI is InChI=1S/C21H11F3N4O6/c22-21(23,24)17-10-15(28(32)33)4-6-18(17)26-20(29)13(11-25)9-16-5-7-19(34-16)12-2-1-3-14(8-12)27(30)31/h1-10H,(H,26,29)/b13-9+. The molecule has 0 fully saturated rings. The van der Waals surface area contributed by atoms with E-state index in [0.29, 0.717) is 11.6 Å². The van der Waals surface area contributed by atoms with Gasteiger partial charge in [-0.2, -0.15) is 18.4 Å². The number of anilines is 1. The zero-order valence-electron chi connectivity index (χ0n) is 16.7. The molecule has 1 aromatic heterocycles. The predicted octanol–water partition coefficient (Wildman–Crippen LogP) is 5.33. The Morgan fingerprint density at radius 3 is 2.32 bits per heavy atom. The normalized spacial score (nSPS) is 11.5. The van der Waals surface area contributed by atoms with Crippen LogP contribution in [0.4, 0.5) is 30.2 Å². The van der Waals surface area contributed by atoms with Crippen LogP contribution in [0.15, 0.2) is 64.6 Å². The summed E-state index contributed by atoms with van der Waals surface area (Å²) in [6.07, 6.45) is -4.05. The van der Waals surface area contributed by atoms with Gasteiger partial charge in [0.2, 0.25) is 0 Å². The third-order valence-corrected chi connectivity index (χ3v) is 4.39. The Hall–Kier alpha value is -4.99. The fourth-order valence-corrected chi connectivity index (χ4v) is 2.83. The van der Waals surface area contributed by atoms with Crippen LogP contribution in [0.25, 0.3) is 17.4 Å². The number of carbonyl (C=O) groups is 1. The first-order valence-corrected chi connectivity index (χ1v) is 9.13. The average Bonchev–Trinajstić information content (AvgIpc) is 3.25. The second-order valence-corrected chi connectivity index (χ2v) is 6.62. The molecule has 34 heavy (non-hydrogen) atoms. The largest absolute Gasteiger partial charge is 0.457 e. The number of nitrogens with one attached hydrogen (secondary N) is 1. The predicted molar refractivity (Wildman–Crippen MR) is 111 cm³/mol. The molecule has 0 bridgehead atoms. The summed E-state index contributed by atoms with van der Waals surface area (Å²) in [5.41, 5.74) is -3.53. The second-order valence-electron chi connectivity index (χ2n) is 6.62. The maximum absolute atomic E-state index is 13.3. The van der Waals surface area contributed by atoms with Crippen molar-refractivity contribution in [1.82, 2.24) is 0 Å². The molecule has 0 aliphatic heterocycles. The molecule has 0 radical (unpaired) electrons. The SMILES string of the molecule is N#C/C(=C\c1ccc(-c2cccc([N+](=O)[O-])c2)o1)C(=O)Nc1ccc([N+](=O)[O-])cc1C(F)(F)F. The van der Waals surface area contributed by atoms with Gasteiger partial charge >= 0.3 is 6.18 Å². The molecule has 0 aliphatic rings. The van der Waals surface area contributed by atoms with Crippen molar-refractivity contribution >= 4 is 29.0 Å². The number of halogens is 3. The molecule has 2 aromatic carbocycles. The number of alkyl halides is 3. The monoisotopic (exact) mass is 472 g/mol. The van der Waals surface area contributed by atoms with Crippen LogP contribution < -0.4 is 5.32 Å². The van der Waals surface area contributed by atoms with Crippen LogP contribution in [0, 0.1) is 31.6 Å². The van der Waals surface area contributed by atoms with Crippen LogP contribution in [0.2, 0.25) is 0 Å². The topological polar surface area (TPSA) is 152 Å². The molecule has 3 aromatic rings. The Bertz CT molecular complexity index is 1370. The summed E-state index contributed by atoms with van der Waals surface area (Å²) in [5, 5.41) is 32.9. The van der Waals surface area contributed by atoms with Gasteiger partial charge in [0.05, 0.1) is 21.1 Å². The number of carbonyl (C=O) groups excluding carboxylic acids is 1. The lowest BCUT2D eigenvalue weighted by molar-refractivity contribution is -0.385. The highest BCUT2D eigenvalue weighted by atomic mass is 19.4. The average molecular weight is 472 g/mol. The van der Waals surface area contributed by atoms with Gasteiger partial charge in [-0.1, -0.05) is 12.1 Å². The highest BCUT2D eigenvalue weighted by Crippen LogP contribution is 2.37. The van der Waals surface area contributed by atoms with Crippen molar-refractivity contribution in [2.75, 3.05) is 5.32 Å². The van der Waals surface area contributed by atoms with Crippen LogP contribution >= 0.6 is 0 Å². The minimum Gasteiger partial charge on any atom is -0.457 e. The lowest BCUT2D eigenvalue weighted by atomic mass is 10.1. The molecule has 3 rings (SSSR count). The number of furan rings is 1. The van der Waals surface area contributed by atoms with Gasteiger partial charge in [0.1, 0.15) is 23.2 Å². The van der Waals surface area contributed by atoms with Gasteiger partial charge in [-0.05, 0) is 18.2 Å². The molecule has 1 amide bonds.